The van der Waals surface area contributed by atoms with E-state index in [2.05, 4.69) is 4.98 Å². The van der Waals surface area contributed by atoms with Gasteiger partial charge in [-0.15, -0.1) is 0 Å². The number of benzene rings is 1. The summed E-state index contributed by atoms with van der Waals surface area (Å²) in [7, 11) is 0. The summed E-state index contributed by atoms with van der Waals surface area (Å²) in [5, 5.41) is 10.2. The highest BCUT2D eigenvalue weighted by Gasteiger charge is 2.14. The SMILES string of the molecule is Cc1ccn(Cc2cccc3[nH]ccc23)c(=O)c1C(=O)O. The molecule has 0 radical (unpaired) electrons. The van der Waals surface area contributed by atoms with Gasteiger partial charge in [0, 0.05) is 23.3 Å². The zero-order chi connectivity index (χ0) is 15.0. The van der Waals surface area contributed by atoms with Crippen molar-refractivity contribution in [1.29, 1.82) is 0 Å². The Labute approximate surface area is 120 Å². The zero-order valence-electron chi connectivity index (χ0n) is 11.5. The minimum atomic E-state index is -1.19. The summed E-state index contributed by atoms with van der Waals surface area (Å²) in [6.45, 7) is 1.97. The summed E-state index contributed by atoms with van der Waals surface area (Å²) in [6.07, 6.45) is 3.48. The molecule has 0 bridgehead atoms. The molecule has 0 atom stereocenters. The number of nitrogens with zero attached hydrogens (tertiary/aromatic N) is 1. The summed E-state index contributed by atoms with van der Waals surface area (Å²) >= 11 is 0. The van der Waals surface area contributed by atoms with Gasteiger partial charge in [-0.2, -0.15) is 0 Å². The molecule has 2 aromatic heterocycles. The summed E-state index contributed by atoms with van der Waals surface area (Å²) in [6, 6.07) is 9.40. The quantitative estimate of drug-likeness (QED) is 0.774. The molecule has 0 amide bonds. The number of carboxylic acids is 1. The second-order valence-corrected chi connectivity index (χ2v) is 4.97. The van der Waals surface area contributed by atoms with E-state index in [9.17, 15) is 9.59 Å². The lowest BCUT2D eigenvalue weighted by Crippen LogP contribution is -2.27. The van der Waals surface area contributed by atoms with Crippen molar-refractivity contribution >= 4 is 16.9 Å². The van der Waals surface area contributed by atoms with Gasteiger partial charge in [-0.1, -0.05) is 12.1 Å². The van der Waals surface area contributed by atoms with Gasteiger partial charge in [0.2, 0.25) is 0 Å². The number of aromatic carboxylic acids is 1. The Kier molecular flexibility index (Phi) is 3.10. The number of nitrogens with one attached hydrogen (secondary N) is 1. The Morgan fingerprint density at radius 1 is 1.29 bits per heavy atom. The molecule has 0 aliphatic carbocycles. The van der Waals surface area contributed by atoms with Crippen LogP contribution in [-0.2, 0) is 6.54 Å². The lowest BCUT2D eigenvalue weighted by atomic mass is 10.1. The van der Waals surface area contributed by atoms with Gasteiger partial charge in [0.05, 0.1) is 6.54 Å². The summed E-state index contributed by atoms with van der Waals surface area (Å²) in [5.74, 6) is -1.19. The number of aryl methyl sites for hydroxylation is 1. The summed E-state index contributed by atoms with van der Waals surface area (Å²) in [4.78, 5) is 26.6. The second-order valence-electron chi connectivity index (χ2n) is 4.97. The van der Waals surface area contributed by atoms with Crippen molar-refractivity contribution in [3.05, 3.63) is 69.8 Å². The average molecular weight is 282 g/mol. The van der Waals surface area contributed by atoms with Crippen molar-refractivity contribution in [3.8, 4) is 0 Å². The number of fused-ring (bicyclic) bond motifs is 1. The highest BCUT2D eigenvalue weighted by molar-refractivity contribution is 5.88. The van der Waals surface area contributed by atoms with Gasteiger partial charge >= 0.3 is 5.97 Å². The van der Waals surface area contributed by atoms with Crippen LogP contribution in [0.3, 0.4) is 0 Å². The van der Waals surface area contributed by atoms with Crippen LogP contribution < -0.4 is 5.56 Å². The maximum Gasteiger partial charge on any atom is 0.341 e. The van der Waals surface area contributed by atoms with Crippen LogP contribution in [-0.4, -0.2) is 20.6 Å². The topological polar surface area (TPSA) is 75.1 Å². The highest BCUT2D eigenvalue weighted by Crippen LogP contribution is 2.18. The number of pyridine rings is 1. The molecule has 0 saturated carbocycles. The van der Waals surface area contributed by atoms with Crippen molar-refractivity contribution in [2.45, 2.75) is 13.5 Å². The van der Waals surface area contributed by atoms with E-state index in [4.69, 9.17) is 5.11 Å². The van der Waals surface area contributed by atoms with E-state index in [1.807, 2.05) is 30.5 Å². The van der Waals surface area contributed by atoms with Crippen LogP contribution in [0.4, 0.5) is 0 Å². The summed E-state index contributed by atoms with van der Waals surface area (Å²) < 4.78 is 1.43. The molecule has 0 aliphatic rings. The first-order valence-electron chi connectivity index (χ1n) is 6.56. The number of H-pyrrole nitrogens is 1. The first-order valence-corrected chi connectivity index (χ1v) is 6.56. The Morgan fingerprint density at radius 3 is 2.86 bits per heavy atom. The van der Waals surface area contributed by atoms with Gasteiger partial charge in [-0.25, -0.2) is 4.79 Å². The maximum absolute atomic E-state index is 12.3. The molecule has 2 N–H and O–H groups in total. The number of rotatable bonds is 3. The molecule has 0 fully saturated rings. The fourth-order valence-corrected chi connectivity index (χ4v) is 2.52. The van der Waals surface area contributed by atoms with Crippen LogP contribution in [0, 0.1) is 6.92 Å². The first-order chi connectivity index (χ1) is 10.1. The first kappa shape index (κ1) is 13.2. The number of carbonyl (C=O) groups is 1. The normalized spacial score (nSPS) is 10.9. The van der Waals surface area contributed by atoms with Crippen molar-refractivity contribution in [2.24, 2.45) is 0 Å². The largest absolute Gasteiger partial charge is 0.477 e. The molecule has 106 valence electrons. The maximum atomic E-state index is 12.3. The van der Waals surface area contributed by atoms with Crippen LogP contribution in [0.1, 0.15) is 21.5 Å². The fraction of sp³-hybridized carbons (Fsp3) is 0.125. The predicted molar refractivity (Wildman–Crippen MR) is 79.8 cm³/mol. The Bertz CT molecular complexity index is 890. The zero-order valence-corrected chi connectivity index (χ0v) is 11.5. The third-order valence-electron chi connectivity index (χ3n) is 3.61. The van der Waals surface area contributed by atoms with Crippen LogP contribution in [0.25, 0.3) is 10.9 Å². The molecule has 0 spiro atoms. The van der Waals surface area contributed by atoms with Crippen molar-refractivity contribution < 1.29 is 9.90 Å². The van der Waals surface area contributed by atoms with Gasteiger partial charge in [0.25, 0.3) is 5.56 Å². The van der Waals surface area contributed by atoms with E-state index < -0.39 is 11.5 Å². The van der Waals surface area contributed by atoms with Gasteiger partial charge < -0.3 is 14.7 Å². The molecule has 0 saturated heterocycles. The number of hydrogen-bond acceptors (Lipinski definition) is 2. The monoisotopic (exact) mass is 282 g/mol. The number of aromatic amines is 1. The van der Waals surface area contributed by atoms with Crippen molar-refractivity contribution in [2.75, 3.05) is 0 Å². The van der Waals surface area contributed by atoms with E-state index >= 15 is 0 Å². The van der Waals surface area contributed by atoms with E-state index in [0.29, 0.717) is 12.1 Å². The molecule has 2 heterocycles. The molecule has 5 nitrogen and oxygen atoms in total. The number of carboxylic acid groups (broad SMARTS) is 1. The smallest absolute Gasteiger partial charge is 0.341 e. The molecule has 5 heteroatoms. The molecule has 1 aromatic carbocycles. The van der Waals surface area contributed by atoms with Gasteiger partial charge in [-0.3, -0.25) is 4.79 Å². The Balaban J connectivity index is 2.11. The van der Waals surface area contributed by atoms with Crippen LogP contribution >= 0.6 is 0 Å². The van der Waals surface area contributed by atoms with Crippen LogP contribution in [0.15, 0.2) is 47.5 Å². The molecule has 0 unspecified atom stereocenters. The minimum Gasteiger partial charge on any atom is -0.477 e. The highest BCUT2D eigenvalue weighted by atomic mass is 16.4. The van der Waals surface area contributed by atoms with Crippen LogP contribution in [0.2, 0.25) is 0 Å². The molecule has 3 aromatic rings. The molecular formula is C16H14N2O3. The second kappa shape index (κ2) is 4.94. The lowest BCUT2D eigenvalue weighted by molar-refractivity contribution is 0.0693. The Morgan fingerprint density at radius 2 is 2.10 bits per heavy atom. The van der Waals surface area contributed by atoms with E-state index in [1.54, 1.807) is 19.2 Å². The third kappa shape index (κ3) is 2.23. The molecule has 21 heavy (non-hydrogen) atoms. The molecule has 3 rings (SSSR count). The lowest BCUT2D eigenvalue weighted by Gasteiger charge is -2.09. The molecule has 0 aliphatic heterocycles. The van der Waals surface area contributed by atoms with Crippen molar-refractivity contribution in [1.82, 2.24) is 9.55 Å². The van der Waals surface area contributed by atoms with Gasteiger partial charge in [-0.05, 0) is 36.2 Å². The van der Waals surface area contributed by atoms with Crippen molar-refractivity contribution in [3.63, 3.8) is 0 Å². The molecular weight excluding hydrogens is 268 g/mol. The van der Waals surface area contributed by atoms with Gasteiger partial charge in [0.1, 0.15) is 5.56 Å². The predicted octanol–water partition coefficient (Wildman–Crippen LogP) is 2.38. The summed E-state index contributed by atoms with van der Waals surface area (Å²) in [5.41, 5.74) is 1.79. The fourth-order valence-electron chi connectivity index (χ4n) is 2.52. The standard InChI is InChI=1S/C16H14N2O3/c1-10-6-8-18(15(19)14(10)16(20)21)9-11-3-2-4-13-12(11)5-7-17-13/h2-8,17H,9H2,1H3,(H,20,21). The average Bonchev–Trinajstić information content (AvgIpc) is 2.91. The van der Waals surface area contributed by atoms with E-state index in [0.717, 1.165) is 16.5 Å². The number of aromatic nitrogens is 2. The van der Waals surface area contributed by atoms with E-state index in [1.165, 1.54) is 4.57 Å². The third-order valence-corrected chi connectivity index (χ3v) is 3.61. The number of hydrogen-bond donors (Lipinski definition) is 2. The minimum absolute atomic E-state index is 0.168. The van der Waals surface area contributed by atoms with E-state index in [-0.39, 0.29) is 5.56 Å². The Hall–Kier alpha value is -2.82. The van der Waals surface area contributed by atoms with Crippen LogP contribution in [0.5, 0.6) is 0 Å². The van der Waals surface area contributed by atoms with Gasteiger partial charge in [0.15, 0.2) is 0 Å².